The number of hydrogen-bond donors (Lipinski definition) is 3. The van der Waals surface area contributed by atoms with Crippen LogP contribution < -0.4 is 16.4 Å². The van der Waals surface area contributed by atoms with Crippen LogP contribution in [0.25, 0.3) is 0 Å². The summed E-state index contributed by atoms with van der Waals surface area (Å²) in [6.45, 7) is 4.00. The van der Waals surface area contributed by atoms with E-state index in [1.807, 2.05) is 13.8 Å². The molecule has 0 saturated heterocycles. The minimum atomic E-state index is -0.490. The number of halogens is 2. The van der Waals surface area contributed by atoms with Gasteiger partial charge in [0.1, 0.15) is 5.82 Å². The Bertz CT molecular complexity index is 851. The summed E-state index contributed by atoms with van der Waals surface area (Å²) in [4.78, 5) is 4.17. The van der Waals surface area contributed by atoms with E-state index in [1.165, 1.54) is 18.2 Å². The third-order valence-electron chi connectivity index (χ3n) is 2.85. The number of nitrogens with zero attached hydrogens (tertiary/aromatic N) is 5. The summed E-state index contributed by atoms with van der Waals surface area (Å²) < 4.78 is 15.4. The number of nitrogen functional groups attached to an aromatic ring is 1. The number of hydrogen-bond acceptors (Lipinski definition) is 7. The summed E-state index contributed by atoms with van der Waals surface area (Å²) in [5, 5.41) is 17.3. The largest absolute Gasteiger partial charge is 0.399 e. The number of anilines is 5. The van der Waals surface area contributed by atoms with E-state index in [-0.39, 0.29) is 22.6 Å². The molecule has 0 bridgehead atoms. The molecule has 1 aromatic carbocycles. The van der Waals surface area contributed by atoms with Gasteiger partial charge in [0.05, 0.1) is 17.6 Å². The van der Waals surface area contributed by atoms with Crippen LogP contribution in [0.4, 0.5) is 33.2 Å². The van der Waals surface area contributed by atoms with Crippen molar-refractivity contribution in [3.63, 3.8) is 0 Å². The molecule has 0 aliphatic rings. The number of rotatable bonds is 4. The monoisotopic (exact) mass is 364 g/mol. The normalized spacial score (nSPS) is 9.96. The summed E-state index contributed by atoms with van der Waals surface area (Å²) in [5.41, 5.74) is 6.86. The molecule has 0 saturated carbocycles. The molecule has 0 fully saturated rings. The third kappa shape index (κ3) is 4.77. The molecule has 0 radical (unpaired) electrons. The lowest BCUT2D eigenvalue weighted by molar-refractivity contribution is 0.632. The van der Waals surface area contributed by atoms with Crippen molar-refractivity contribution in [3.05, 3.63) is 41.6 Å². The quantitative estimate of drug-likeness (QED) is 0.608. The Kier molecular flexibility index (Phi) is 6.07. The van der Waals surface area contributed by atoms with Crippen LogP contribution in [-0.2, 0) is 7.05 Å². The molecule has 4 N–H and O–H groups in total. The molecule has 8 nitrogen and oxygen atoms in total. The maximum Gasteiger partial charge on any atom is 0.249 e. The maximum atomic E-state index is 13.8. The van der Waals surface area contributed by atoms with Gasteiger partial charge in [-0.1, -0.05) is 25.4 Å². The minimum absolute atomic E-state index is 0.00330. The van der Waals surface area contributed by atoms with E-state index in [9.17, 15) is 4.39 Å². The van der Waals surface area contributed by atoms with Gasteiger partial charge in [-0.3, -0.25) is 4.68 Å². The minimum Gasteiger partial charge on any atom is -0.399 e. The van der Waals surface area contributed by atoms with Gasteiger partial charge in [0.25, 0.3) is 0 Å². The standard InChI is InChI=1S/C13H12ClFN8.C2H6/c1-23-6-8(5-17-23)18-13-20-12(11(14)21-22-13)19-10-4-7(16)2-3-9(10)15;1-2/h2-6H,16H2,1H3,(H2,18,19,20,22);1-2H3. The number of benzene rings is 1. The smallest absolute Gasteiger partial charge is 0.249 e. The highest BCUT2D eigenvalue weighted by molar-refractivity contribution is 6.31. The van der Waals surface area contributed by atoms with Gasteiger partial charge in [-0.05, 0) is 18.2 Å². The van der Waals surface area contributed by atoms with E-state index in [2.05, 4.69) is 30.9 Å². The SMILES string of the molecule is CC.Cn1cc(Nc2nnc(Cl)c(Nc3cc(N)ccc3F)n2)cn1. The molecule has 0 amide bonds. The number of nitrogens with two attached hydrogens (primary N) is 1. The second kappa shape index (κ2) is 8.25. The van der Waals surface area contributed by atoms with Gasteiger partial charge in [-0.15, -0.1) is 10.2 Å². The van der Waals surface area contributed by atoms with E-state index in [1.54, 1.807) is 24.1 Å². The lowest BCUT2D eigenvalue weighted by Gasteiger charge is -2.09. The fourth-order valence-corrected chi connectivity index (χ4v) is 1.95. The van der Waals surface area contributed by atoms with Crippen LogP contribution in [0.5, 0.6) is 0 Å². The number of aryl methyl sites for hydroxylation is 1. The predicted molar refractivity (Wildman–Crippen MR) is 96.8 cm³/mol. The molecule has 0 spiro atoms. The molecule has 0 aliphatic carbocycles. The Morgan fingerprint density at radius 1 is 1.20 bits per heavy atom. The van der Waals surface area contributed by atoms with E-state index < -0.39 is 5.82 Å². The van der Waals surface area contributed by atoms with Gasteiger partial charge in [0, 0.05) is 18.9 Å². The molecule has 0 unspecified atom stereocenters. The van der Waals surface area contributed by atoms with Crippen LogP contribution in [-0.4, -0.2) is 25.0 Å². The van der Waals surface area contributed by atoms with Gasteiger partial charge in [-0.2, -0.15) is 10.1 Å². The first kappa shape index (κ1) is 18.4. The highest BCUT2D eigenvalue weighted by Crippen LogP contribution is 2.25. The lowest BCUT2D eigenvalue weighted by atomic mass is 10.2. The van der Waals surface area contributed by atoms with Crippen molar-refractivity contribution < 1.29 is 4.39 Å². The molecule has 132 valence electrons. The van der Waals surface area contributed by atoms with E-state index in [4.69, 9.17) is 17.3 Å². The second-order valence-electron chi connectivity index (χ2n) is 4.67. The molecule has 10 heteroatoms. The fraction of sp³-hybridized carbons (Fsp3) is 0.200. The zero-order chi connectivity index (χ0) is 18.4. The van der Waals surface area contributed by atoms with Crippen molar-refractivity contribution in [2.24, 2.45) is 7.05 Å². The molecule has 3 rings (SSSR count). The number of aromatic nitrogens is 5. The molecular weight excluding hydrogens is 347 g/mol. The Hall–Kier alpha value is -2.94. The van der Waals surface area contributed by atoms with Gasteiger partial charge in [-0.25, -0.2) is 4.39 Å². The highest BCUT2D eigenvalue weighted by Gasteiger charge is 2.11. The van der Waals surface area contributed by atoms with Crippen molar-refractivity contribution in [1.82, 2.24) is 25.0 Å². The zero-order valence-corrected chi connectivity index (χ0v) is 14.7. The van der Waals surface area contributed by atoms with Gasteiger partial charge < -0.3 is 16.4 Å². The Morgan fingerprint density at radius 2 is 1.96 bits per heavy atom. The van der Waals surface area contributed by atoms with Gasteiger partial charge >= 0.3 is 0 Å². The molecule has 0 atom stereocenters. The summed E-state index contributed by atoms with van der Waals surface area (Å²) in [6.07, 6.45) is 3.34. The van der Waals surface area contributed by atoms with Crippen LogP contribution in [0, 0.1) is 5.82 Å². The average Bonchev–Trinajstić information content (AvgIpc) is 3.01. The van der Waals surface area contributed by atoms with E-state index in [0.29, 0.717) is 11.4 Å². The first-order valence-corrected chi connectivity index (χ1v) is 7.87. The number of nitrogens with one attached hydrogen (secondary N) is 2. The Balaban J connectivity index is 0.00000109. The van der Waals surface area contributed by atoms with Crippen molar-refractivity contribution in [2.75, 3.05) is 16.4 Å². The van der Waals surface area contributed by atoms with Gasteiger partial charge in [0.2, 0.25) is 5.95 Å². The average molecular weight is 365 g/mol. The van der Waals surface area contributed by atoms with Crippen molar-refractivity contribution in [3.8, 4) is 0 Å². The molecule has 3 aromatic rings. The van der Waals surface area contributed by atoms with Crippen LogP contribution in [0.1, 0.15) is 13.8 Å². The lowest BCUT2D eigenvalue weighted by Crippen LogP contribution is -2.04. The van der Waals surface area contributed by atoms with Crippen LogP contribution in [0.3, 0.4) is 0 Å². The zero-order valence-electron chi connectivity index (χ0n) is 14.0. The van der Waals surface area contributed by atoms with Crippen LogP contribution >= 0.6 is 11.6 Å². The van der Waals surface area contributed by atoms with Crippen LogP contribution in [0.2, 0.25) is 5.15 Å². The van der Waals surface area contributed by atoms with Crippen molar-refractivity contribution in [1.29, 1.82) is 0 Å². The van der Waals surface area contributed by atoms with Crippen LogP contribution in [0.15, 0.2) is 30.6 Å². The highest BCUT2D eigenvalue weighted by atomic mass is 35.5. The van der Waals surface area contributed by atoms with Crippen molar-refractivity contribution in [2.45, 2.75) is 13.8 Å². The molecule has 2 heterocycles. The van der Waals surface area contributed by atoms with E-state index >= 15 is 0 Å². The summed E-state index contributed by atoms with van der Waals surface area (Å²) >= 11 is 5.95. The second-order valence-corrected chi connectivity index (χ2v) is 5.02. The maximum absolute atomic E-state index is 13.8. The Labute approximate surface area is 149 Å². The summed E-state index contributed by atoms with van der Waals surface area (Å²) in [5.74, 6) is -0.151. The van der Waals surface area contributed by atoms with E-state index in [0.717, 1.165) is 0 Å². The predicted octanol–water partition coefficient (Wildman–Crippen LogP) is 3.49. The third-order valence-corrected chi connectivity index (χ3v) is 3.10. The molecular formula is C15H18ClFN8. The molecule has 25 heavy (non-hydrogen) atoms. The first-order chi connectivity index (χ1) is 12.0. The fourth-order valence-electron chi connectivity index (χ4n) is 1.83. The molecule has 0 aliphatic heterocycles. The topological polar surface area (TPSA) is 107 Å². The Morgan fingerprint density at radius 3 is 2.64 bits per heavy atom. The van der Waals surface area contributed by atoms with Crippen molar-refractivity contribution >= 4 is 40.4 Å². The summed E-state index contributed by atoms with van der Waals surface area (Å²) in [7, 11) is 1.78. The first-order valence-electron chi connectivity index (χ1n) is 7.49. The van der Waals surface area contributed by atoms with Gasteiger partial charge in [0.15, 0.2) is 11.0 Å². The molecule has 2 aromatic heterocycles. The summed E-state index contributed by atoms with van der Waals surface area (Å²) in [6, 6.07) is 4.13.